The normalized spacial score (nSPS) is 13.2. The van der Waals surface area contributed by atoms with E-state index in [0.717, 1.165) is 5.56 Å². The number of aliphatic hydroxyl groups is 1. The van der Waals surface area contributed by atoms with Gasteiger partial charge in [-0.25, -0.2) is 4.39 Å². The number of rotatable bonds is 3. The summed E-state index contributed by atoms with van der Waals surface area (Å²) in [6.07, 6.45) is -0.671. The number of aryl methyl sites for hydroxylation is 1. The first-order chi connectivity index (χ1) is 8.21. The smallest absolute Gasteiger partial charge is 0.254 e. The van der Waals surface area contributed by atoms with Gasteiger partial charge < -0.3 is 10.4 Å². The molecule has 4 heteroatoms. The molecule has 1 amide bonds. The highest BCUT2D eigenvalue weighted by molar-refractivity contribution is 5.94. The summed E-state index contributed by atoms with van der Waals surface area (Å²) in [4.78, 5) is 11.7. The molecule has 0 aliphatic rings. The number of carbonyl (C=O) groups is 1. The fourth-order valence-electron chi connectivity index (χ4n) is 1.40. The Hall–Kier alpha value is -1.42. The number of amides is 1. The summed E-state index contributed by atoms with van der Waals surface area (Å²) in [5.74, 6) is -1.05. The summed E-state index contributed by atoms with van der Waals surface area (Å²) < 4.78 is 13.5. The third kappa shape index (κ3) is 3.81. The highest BCUT2D eigenvalue weighted by atomic mass is 19.1. The van der Waals surface area contributed by atoms with Crippen molar-refractivity contribution in [2.24, 2.45) is 5.41 Å². The van der Waals surface area contributed by atoms with Gasteiger partial charge in [-0.05, 0) is 30.0 Å². The van der Waals surface area contributed by atoms with Crippen molar-refractivity contribution in [2.75, 3.05) is 6.54 Å². The second-order valence-electron chi connectivity index (χ2n) is 5.58. The molecule has 0 aromatic heterocycles. The summed E-state index contributed by atoms with van der Waals surface area (Å²) in [5, 5.41) is 12.3. The van der Waals surface area contributed by atoms with Crippen molar-refractivity contribution in [1.82, 2.24) is 5.32 Å². The molecular formula is C14H20FNO2. The van der Waals surface area contributed by atoms with Gasteiger partial charge in [0.1, 0.15) is 5.82 Å². The van der Waals surface area contributed by atoms with Crippen LogP contribution < -0.4 is 5.32 Å². The lowest BCUT2D eigenvalue weighted by molar-refractivity contribution is 0.0585. The first-order valence-electron chi connectivity index (χ1n) is 5.94. The number of halogens is 1. The van der Waals surface area contributed by atoms with Crippen molar-refractivity contribution >= 4 is 5.91 Å². The van der Waals surface area contributed by atoms with Gasteiger partial charge in [0.15, 0.2) is 0 Å². The average Bonchev–Trinajstić information content (AvgIpc) is 2.24. The monoisotopic (exact) mass is 253 g/mol. The number of hydrogen-bond donors (Lipinski definition) is 2. The van der Waals surface area contributed by atoms with Gasteiger partial charge in [-0.1, -0.05) is 26.8 Å². The lowest BCUT2D eigenvalue weighted by Crippen LogP contribution is -2.39. The lowest BCUT2D eigenvalue weighted by atomic mass is 9.89. The Morgan fingerprint density at radius 2 is 2.06 bits per heavy atom. The summed E-state index contributed by atoms with van der Waals surface area (Å²) in [5.41, 5.74) is 0.444. The van der Waals surface area contributed by atoms with Crippen LogP contribution in [0.2, 0.25) is 0 Å². The maximum atomic E-state index is 13.5. The van der Waals surface area contributed by atoms with Gasteiger partial charge in [0.05, 0.1) is 11.7 Å². The van der Waals surface area contributed by atoms with E-state index < -0.39 is 17.8 Å². The Bertz CT molecular complexity index is 438. The van der Waals surface area contributed by atoms with Crippen LogP contribution in [0.3, 0.4) is 0 Å². The molecule has 2 N–H and O–H groups in total. The van der Waals surface area contributed by atoms with Crippen LogP contribution in [0.1, 0.15) is 36.7 Å². The lowest BCUT2D eigenvalue weighted by Gasteiger charge is -2.25. The van der Waals surface area contributed by atoms with Crippen molar-refractivity contribution in [1.29, 1.82) is 0 Å². The quantitative estimate of drug-likeness (QED) is 0.868. The summed E-state index contributed by atoms with van der Waals surface area (Å²) >= 11 is 0. The molecule has 1 atom stereocenters. The maximum absolute atomic E-state index is 13.5. The number of hydrogen-bond acceptors (Lipinski definition) is 2. The van der Waals surface area contributed by atoms with E-state index in [4.69, 9.17) is 0 Å². The highest BCUT2D eigenvalue weighted by Gasteiger charge is 2.23. The minimum atomic E-state index is -0.671. The predicted octanol–water partition coefficient (Wildman–Crippen LogP) is 2.27. The second kappa shape index (κ2) is 5.48. The number of aliphatic hydroxyl groups excluding tert-OH is 1. The third-order valence-corrected chi connectivity index (χ3v) is 2.82. The molecule has 0 spiro atoms. The Balaban J connectivity index is 2.66. The van der Waals surface area contributed by atoms with Gasteiger partial charge in [0, 0.05) is 6.54 Å². The van der Waals surface area contributed by atoms with E-state index in [2.05, 4.69) is 5.32 Å². The topological polar surface area (TPSA) is 49.3 Å². The first-order valence-corrected chi connectivity index (χ1v) is 5.94. The Morgan fingerprint density at radius 3 is 2.56 bits per heavy atom. The van der Waals surface area contributed by atoms with Crippen LogP contribution in [0.25, 0.3) is 0 Å². The predicted molar refractivity (Wildman–Crippen MR) is 68.9 cm³/mol. The maximum Gasteiger partial charge on any atom is 0.254 e. The van der Waals surface area contributed by atoms with Gasteiger partial charge >= 0.3 is 0 Å². The molecule has 0 bridgehead atoms. The molecule has 0 heterocycles. The first kappa shape index (κ1) is 14.6. The molecule has 1 unspecified atom stereocenters. The highest BCUT2D eigenvalue weighted by Crippen LogP contribution is 2.18. The van der Waals surface area contributed by atoms with Crippen LogP contribution in [0.15, 0.2) is 18.2 Å². The van der Waals surface area contributed by atoms with Crippen LogP contribution in [-0.4, -0.2) is 23.7 Å². The van der Waals surface area contributed by atoms with Crippen LogP contribution in [0, 0.1) is 18.2 Å². The minimum Gasteiger partial charge on any atom is -0.391 e. The molecular weight excluding hydrogens is 233 g/mol. The molecule has 0 radical (unpaired) electrons. The van der Waals surface area contributed by atoms with Gasteiger partial charge in [-0.3, -0.25) is 4.79 Å². The standard InChI is InChI=1S/C14H20FNO2/c1-9-5-6-10(11(15)7-9)13(18)16-8-12(17)14(2,3)4/h5-7,12,17H,8H2,1-4H3,(H,16,18). The zero-order valence-electron chi connectivity index (χ0n) is 11.2. The van der Waals surface area contributed by atoms with E-state index >= 15 is 0 Å². The molecule has 18 heavy (non-hydrogen) atoms. The Morgan fingerprint density at radius 1 is 1.44 bits per heavy atom. The average molecular weight is 253 g/mol. The van der Waals surface area contributed by atoms with Crippen LogP contribution in [0.4, 0.5) is 4.39 Å². The van der Waals surface area contributed by atoms with Gasteiger partial charge in [-0.2, -0.15) is 0 Å². The van der Waals surface area contributed by atoms with Crippen molar-refractivity contribution in [3.63, 3.8) is 0 Å². The SMILES string of the molecule is Cc1ccc(C(=O)NCC(O)C(C)(C)C)c(F)c1. The third-order valence-electron chi connectivity index (χ3n) is 2.82. The van der Waals surface area contributed by atoms with Crippen LogP contribution in [-0.2, 0) is 0 Å². The number of carbonyl (C=O) groups excluding carboxylic acids is 1. The largest absolute Gasteiger partial charge is 0.391 e. The zero-order chi connectivity index (χ0) is 13.9. The van der Waals surface area contributed by atoms with Gasteiger partial charge in [0.25, 0.3) is 5.91 Å². The van der Waals surface area contributed by atoms with E-state index in [0.29, 0.717) is 0 Å². The van der Waals surface area contributed by atoms with E-state index in [-0.39, 0.29) is 17.5 Å². The van der Waals surface area contributed by atoms with E-state index in [1.165, 1.54) is 12.1 Å². The van der Waals surface area contributed by atoms with Gasteiger partial charge in [-0.15, -0.1) is 0 Å². The molecule has 0 saturated heterocycles. The summed E-state index contributed by atoms with van der Waals surface area (Å²) in [6, 6.07) is 4.44. The van der Waals surface area contributed by atoms with Crippen molar-refractivity contribution in [3.05, 3.63) is 35.1 Å². The molecule has 0 fully saturated rings. The van der Waals surface area contributed by atoms with E-state index in [9.17, 15) is 14.3 Å². The fourth-order valence-corrected chi connectivity index (χ4v) is 1.40. The molecule has 100 valence electrons. The van der Waals surface area contributed by atoms with Crippen LogP contribution >= 0.6 is 0 Å². The summed E-state index contributed by atoms with van der Waals surface area (Å²) in [7, 11) is 0. The molecule has 1 rings (SSSR count). The van der Waals surface area contributed by atoms with Crippen LogP contribution in [0.5, 0.6) is 0 Å². The summed E-state index contributed by atoms with van der Waals surface area (Å²) in [6.45, 7) is 7.48. The van der Waals surface area contributed by atoms with E-state index in [1.54, 1.807) is 13.0 Å². The fraction of sp³-hybridized carbons (Fsp3) is 0.500. The second-order valence-corrected chi connectivity index (χ2v) is 5.58. The van der Waals surface area contributed by atoms with Crippen molar-refractivity contribution in [2.45, 2.75) is 33.8 Å². The molecule has 1 aromatic carbocycles. The Kier molecular flexibility index (Phi) is 4.46. The molecule has 3 nitrogen and oxygen atoms in total. The minimum absolute atomic E-state index is 0.00158. The zero-order valence-corrected chi connectivity index (χ0v) is 11.2. The van der Waals surface area contributed by atoms with Gasteiger partial charge in [0.2, 0.25) is 0 Å². The molecule has 0 aliphatic carbocycles. The number of benzene rings is 1. The molecule has 0 aliphatic heterocycles. The number of nitrogens with one attached hydrogen (secondary N) is 1. The Labute approximate surface area is 107 Å². The van der Waals surface area contributed by atoms with Crippen molar-refractivity contribution < 1.29 is 14.3 Å². The molecule has 1 aromatic rings. The van der Waals surface area contributed by atoms with E-state index in [1.807, 2.05) is 20.8 Å². The van der Waals surface area contributed by atoms with Crippen molar-refractivity contribution in [3.8, 4) is 0 Å². The molecule has 0 saturated carbocycles.